The van der Waals surface area contributed by atoms with Crippen LogP contribution in [-0.4, -0.2) is 49.6 Å². The van der Waals surface area contributed by atoms with Crippen molar-refractivity contribution in [2.45, 2.75) is 12.6 Å². The number of hydrogen-bond donors (Lipinski definition) is 2. The van der Waals surface area contributed by atoms with Crippen molar-refractivity contribution in [2.24, 2.45) is 0 Å². The summed E-state index contributed by atoms with van der Waals surface area (Å²) in [6, 6.07) is 6.99. The molecule has 1 atom stereocenters. The predicted octanol–water partition coefficient (Wildman–Crippen LogP) is 2.00. The Morgan fingerprint density at radius 1 is 1.31 bits per heavy atom. The molecule has 0 radical (unpaired) electrons. The van der Waals surface area contributed by atoms with Crippen molar-refractivity contribution >= 4 is 24.6 Å². The van der Waals surface area contributed by atoms with E-state index in [1.807, 2.05) is 16.7 Å². The van der Waals surface area contributed by atoms with Crippen LogP contribution >= 0.6 is 24.6 Å². The summed E-state index contributed by atoms with van der Waals surface area (Å²) in [5, 5.41) is 3.30. The van der Waals surface area contributed by atoms with Crippen LogP contribution in [0.4, 0.5) is 0 Å². The first-order valence-electron chi connectivity index (χ1n) is 8.01. The van der Waals surface area contributed by atoms with Crippen LogP contribution in [0.15, 0.2) is 29.1 Å². The third-order valence-corrected chi connectivity index (χ3v) is 4.43. The lowest BCUT2D eigenvalue weighted by Crippen LogP contribution is -2.41. The van der Waals surface area contributed by atoms with E-state index in [0.29, 0.717) is 35.1 Å². The van der Waals surface area contributed by atoms with E-state index in [1.54, 1.807) is 20.3 Å². The fourth-order valence-corrected chi connectivity index (χ4v) is 3.15. The van der Waals surface area contributed by atoms with Gasteiger partial charge in [0.1, 0.15) is 11.5 Å². The Kier molecular flexibility index (Phi) is 7.22. The molecule has 0 saturated carbocycles. The number of rotatable bonds is 5. The Hall–Kier alpha value is -1.87. The second kappa shape index (κ2) is 9.18. The van der Waals surface area contributed by atoms with Crippen molar-refractivity contribution in [1.82, 2.24) is 14.9 Å². The fraction of sp³-hybridized carbons (Fsp3) is 0.412. The molecule has 2 N–H and O–H groups in total. The van der Waals surface area contributed by atoms with E-state index in [-0.39, 0.29) is 24.1 Å². The van der Waals surface area contributed by atoms with Gasteiger partial charge in [0.2, 0.25) is 0 Å². The van der Waals surface area contributed by atoms with Crippen LogP contribution in [0, 0.1) is 4.77 Å². The molecule has 9 heteroatoms. The maximum Gasteiger partial charge on any atom is 0.252 e. The molecular formula is C17H22ClN3O4S. The van der Waals surface area contributed by atoms with Crippen LogP contribution < -0.4 is 20.3 Å². The highest BCUT2D eigenvalue weighted by Gasteiger charge is 2.18. The molecule has 0 aliphatic carbocycles. The van der Waals surface area contributed by atoms with E-state index in [9.17, 15) is 4.79 Å². The second-order valence-electron chi connectivity index (χ2n) is 5.70. The van der Waals surface area contributed by atoms with Gasteiger partial charge >= 0.3 is 0 Å². The van der Waals surface area contributed by atoms with Crippen LogP contribution in [0.1, 0.15) is 0 Å². The van der Waals surface area contributed by atoms with Gasteiger partial charge in [0.25, 0.3) is 5.56 Å². The minimum atomic E-state index is -0.253. The number of benzene rings is 1. The van der Waals surface area contributed by atoms with Gasteiger partial charge in [-0.3, -0.25) is 9.78 Å². The summed E-state index contributed by atoms with van der Waals surface area (Å²) in [4.78, 5) is 14.7. The monoisotopic (exact) mass is 399 g/mol. The third kappa shape index (κ3) is 4.45. The van der Waals surface area contributed by atoms with Gasteiger partial charge < -0.3 is 24.1 Å². The Bertz CT molecular complexity index is 862. The third-order valence-electron chi connectivity index (χ3n) is 4.11. The van der Waals surface area contributed by atoms with Gasteiger partial charge in [-0.25, -0.2) is 0 Å². The SMILES string of the molecule is COc1ccc(-c2cc(=O)[nH]c(=S)n2CC2CNCCO2)c(OC)c1.Cl. The normalized spacial score (nSPS) is 16.6. The second-order valence-corrected chi connectivity index (χ2v) is 6.08. The van der Waals surface area contributed by atoms with E-state index in [0.717, 1.165) is 18.7 Å². The topological polar surface area (TPSA) is 77.5 Å². The van der Waals surface area contributed by atoms with E-state index >= 15 is 0 Å². The Balaban J connectivity index is 0.00000243. The van der Waals surface area contributed by atoms with Gasteiger partial charge in [0, 0.05) is 30.8 Å². The van der Waals surface area contributed by atoms with Crippen LogP contribution in [0.2, 0.25) is 0 Å². The summed E-state index contributed by atoms with van der Waals surface area (Å²) in [7, 11) is 3.18. The zero-order valence-electron chi connectivity index (χ0n) is 14.6. The van der Waals surface area contributed by atoms with Crippen molar-refractivity contribution < 1.29 is 14.2 Å². The average Bonchev–Trinajstić information content (AvgIpc) is 2.64. The van der Waals surface area contributed by atoms with Crippen molar-refractivity contribution in [3.63, 3.8) is 0 Å². The van der Waals surface area contributed by atoms with Gasteiger partial charge in [-0.2, -0.15) is 0 Å². The first-order chi connectivity index (χ1) is 12.1. The number of methoxy groups -OCH3 is 2. The van der Waals surface area contributed by atoms with Gasteiger partial charge in [-0.1, -0.05) is 0 Å². The summed E-state index contributed by atoms with van der Waals surface area (Å²) in [6.07, 6.45) is -0.0191. The van der Waals surface area contributed by atoms with Gasteiger partial charge in [0.15, 0.2) is 4.77 Å². The van der Waals surface area contributed by atoms with E-state index in [2.05, 4.69) is 10.3 Å². The van der Waals surface area contributed by atoms with E-state index in [4.69, 9.17) is 26.4 Å². The van der Waals surface area contributed by atoms with Gasteiger partial charge in [0.05, 0.1) is 39.2 Å². The molecule has 1 aliphatic heterocycles. The Morgan fingerprint density at radius 3 is 2.77 bits per heavy atom. The summed E-state index contributed by atoms with van der Waals surface area (Å²) < 4.78 is 18.7. The highest BCUT2D eigenvalue weighted by molar-refractivity contribution is 7.71. The minimum absolute atomic E-state index is 0. The highest BCUT2D eigenvalue weighted by Crippen LogP contribution is 2.33. The number of ether oxygens (including phenoxy) is 3. The number of nitrogens with one attached hydrogen (secondary N) is 2. The number of H-pyrrole nitrogens is 1. The molecule has 0 amide bonds. The van der Waals surface area contributed by atoms with Crippen molar-refractivity contribution in [3.8, 4) is 22.8 Å². The summed E-state index contributed by atoms with van der Waals surface area (Å²) in [5.74, 6) is 1.28. The molecule has 2 aromatic rings. The first kappa shape index (κ1) is 20.4. The molecule has 3 rings (SSSR count). The molecular weight excluding hydrogens is 378 g/mol. The lowest BCUT2D eigenvalue weighted by atomic mass is 10.1. The first-order valence-corrected chi connectivity index (χ1v) is 8.42. The standard InChI is InChI=1S/C17H21N3O4S.ClH/c1-22-11-3-4-13(15(7-11)23-2)14-8-16(21)19-17(25)20(14)10-12-9-18-5-6-24-12;/h3-4,7-8,12,18H,5-6,9-10H2,1-2H3,(H,19,21,25);1H. The maximum absolute atomic E-state index is 12.0. The predicted molar refractivity (Wildman–Crippen MR) is 104 cm³/mol. The van der Waals surface area contributed by atoms with Crippen LogP contribution in [0.25, 0.3) is 11.3 Å². The van der Waals surface area contributed by atoms with Crippen molar-refractivity contribution in [2.75, 3.05) is 33.9 Å². The molecule has 1 aliphatic rings. The molecule has 0 spiro atoms. The zero-order valence-corrected chi connectivity index (χ0v) is 16.2. The van der Waals surface area contributed by atoms with Crippen molar-refractivity contribution in [1.29, 1.82) is 0 Å². The number of aromatic nitrogens is 2. The molecule has 0 bridgehead atoms. The average molecular weight is 400 g/mol. The van der Waals surface area contributed by atoms with Crippen molar-refractivity contribution in [3.05, 3.63) is 39.4 Å². The highest BCUT2D eigenvalue weighted by atomic mass is 35.5. The zero-order chi connectivity index (χ0) is 17.8. The molecule has 1 unspecified atom stereocenters. The molecule has 1 fully saturated rings. The number of halogens is 1. The molecule has 7 nitrogen and oxygen atoms in total. The quantitative estimate of drug-likeness (QED) is 0.749. The van der Waals surface area contributed by atoms with Crippen LogP contribution in [0.3, 0.4) is 0 Å². The Morgan fingerprint density at radius 2 is 2.12 bits per heavy atom. The van der Waals surface area contributed by atoms with Crippen LogP contribution in [0.5, 0.6) is 11.5 Å². The summed E-state index contributed by atoms with van der Waals surface area (Å²) >= 11 is 5.39. The van der Waals surface area contributed by atoms with Crippen LogP contribution in [-0.2, 0) is 11.3 Å². The molecule has 26 heavy (non-hydrogen) atoms. The van der Waals surface area contributed by atoms with Gasteiger partial charge in [-0.05, 0) is 24.4 Å². The maximum atomic E-state index is 12.0. The molecule has 1 aromatic carbocycles. The molecule has 142 valence electrons. The number of aromatic amines is 1. The van der Waals surface area contributed by atoms with E-state index in [1.165, 1.54) is 6.07 Å². The fourth-order valence-electron chi connectivity index (χ4n) is 2.88. The lowest BCUT2D eigenvalue weighted by molar-refractivity contribution is 0.0180. The smallest absolute Gasteiger partial charge is 0.252 e. The number of nitrogens with zero attached hydrogens (tertiary/aromatic N) is 1. The Labute approximate surface area is 162 Å². The van der Waals surface area contributed by atoms with E-state index < -0.39 is 0 Å². The number of hydrogen-bond acceptors (Lipinski definition) is 6. The minimum Gasteiger partial charge on any atom is -0.497 e. The lowest BCUT2D eigenvalue weighted by Gasteiger charge is -2.26. The summed E-state index contributed by atoms with van der Waals surface area (Å²) in [6.45, 7) is 2.77. The van der Waals surface area contributed by atoms with Gasteiger partial charge in [-0.15, -0.1) is 12.4 Å². The summed E-state index contributed by atoms with van der Waals surface area (Å²) in [5.41, 5.74) is 1.20. The molecule has 2 heterocycles. The number of morpholine rings is 1. The molecule has 1 saturated heterocycles. The molecule has 1 aromatic heterocycles. The largest absolute Gasteiger partial charge is 0.497 e.